The second-order valence-corrected chi connectivity index (χ2v) is 7.44. The lowest BCUT2D eigenvalue weighted by atomic mass is 10.0. The molecule has 2 rings (SSSR count). The molecule has 0 aromatic heterocycles. The first-order valence-electron chi connectivity index (χ1n) is 7.29. The molecule has 0 aliphatic heterocycles. The van der Waals surface area contributed by atoms with Crippen LogP contribution in [0.15, 0.2) is 53.4 Å². The maximum absolute atomic E-state index is 12.3. The predicted octanol–water partition coefficient (Wildman–Crippen LogP) is 4.33. The third-order valence-corrected chi connectivity index (χ3v) is 5.28. The van der Waals surface area contributed by atoms with Crippen LogP contribution in [0.4, 0.5) is 0 Å². The van der Waals surface area contributed by atoms with Crippen molar-refractivity contribution < 1.29 is 8.42 Å². The smallest absolute Gasteiger partial charge is 0.207 e. The van der Waals surface area contributed by atoms with Gasteiger partial charge in [-0.25, -0.2) is 13.1 Å². The van der Waals surface area contributed by atoms with Crippen molar-refractivity contribution >= 4 is 21.6 Å². The lowest BCUT2D eigenvalue weighted by Crippen LogP contribution is -2.26. The van der Waals surface area contributed by atoms with Crippen molar-refractivity contribution in [2.75, 3.05) is 0 Å². The Morgan fingerprint density at radius 1 is 1.05 bits per heavy atom. The quantitative estimate of drug-likeness (QED) is 0.852. The van der Waals surface area contributed by atoms with E-state index in [1.807, 2.05) is 31.2 Å². The zero-order chi connectivity index (χ0) is 16.2. The standard InChI is InChI=1S/C17H20ClNO2S/c1-3-4-14-5-7-15(8-6-14)13(2)19-22(20,21)17-11-9-16(18)10-12-17/h5-13,19H,3-4H2,1-2H3. The number of nitrogens with one attached hydrogen (secondary N) is 1. The average Bonchev–Trinajstić information content (AvgIpc) is 2.48. The molecule has 0 heterocycles. The Kier molecular flexibility index (Phi) is 5.62. The molecule has 3 nitrogen and oxygen atoms in total. The lowest BCUT2D eigenvalue weighted by molar-refractivity contribution is 0.567. The minimum Gasteiger partial charge on any atom is -0.207 e. The molecule has 0 aliphatic rings. The molecular weight excluding hydrogens is 318 g/mol. The van der Waals surface area contributed by atoms with Gasteiger partial charge in [0.05, 0.1) is 4.90 Å². The number of benzene rings is 2. The first-order chi connectivity index (χ1) is 10.4. The van der Waals surface area contributed by atoms with Gasteiger partial charge < -0.3 is 0 Å². The zero-order valence-corrected chi connectivity index (χ0v) is 14.3. The highest BCUT2D eigenvalue weighted by molar-refractivity contribution is 7.89. The number of sulfonamides is 1. The zero-order valence-electron chi connectivity index (χ0n) is 12.7. The lowest BCUT2D eigenvalue weighted by Gasteiger charge is -2.15. The van der Waals surface area contributed by atoms with Crippen molar-refractivity contribution in [1.29, 1.82) is 0 Å². The Hall–Kier alpha value is -1.36. The van der Waals surface area contributed by atoms with Gasteiger partial charge in [0, 0.05) is 11.1 Å². The maximum atomic E-state index is 12.3. The molecule has 2 aromatic rings. The van der Waals surface area contributed by atoms with Gasteiger partial charge in [-0.3, -0.25) is 0 Å². The molecule has 0 fully saturated rings. The molecule has 0 aliphatic carbocycles. The van der Waals surface area contributed by atoms with Crippen LogP contribution in [-0.2, 0) is 16.4 Å². The molecular formula is C17H20ClNO2S. The van der Waals surface area contributed by atoms with E-state index in [-0.39, 0.29) is 10.9 Å². The molecule has 0 saturated carbocycles. The Balaban J connectivity index is 2.13. The minimum absolute atomic E-state index is 0.214. The summed E-state index contributed by atoms with van der Waals surface area (Å²) in [5.41, 5.74) is 2.20. The molecule has 118 valence electrons. The first-order valence-corrected chi connectivity index (χ1v) is 9.15. The number of hydrogen-bond acceptors (Lipinski definition) is 2. The van der Waals surface area contributed by atoms with E-state index in [1.54, 1.807) is 12.1 Å². The molecule has 0 saturated heterocycles. The van der Waals surface area contributed by atoms with Crippen LogP contribution in [0.3, 0.4) is 0 Å². The normalized spacial score (nSPS) is 13.0. The summed E-state index contributed by atoms with van der Waals surface area (Å²) in [5, 5.41) is 0.513. The molecule has 0 radical (unpaired) electrons. The van der Waals surface area contributed by atoms with Gasteiger partial charge in [0.1, 0.15) is 0 Å². The molecule has 22 heavy (non-hydrogen) atoms. The number of rotatable bonds is 6. The van der Waals surface area contributed by atoms with Crippen molar-refractivity contribution in [3.05, 3.63) is 64.7 Å². The van der Waals surface area contributed by atoms with Gasteiger partial charge in [-0.05, 0) is 48.7 Å². The van der Waals surface area contributed by atoms with Gasteiger partial charge in [-0.2, -0.15) is 0 Å². The van der Waals surface area contributed by atoms with Gasteiger partial charge in [-0.15, -0.1) is 0 Å². The molecule has 0 bridgehead atoms. The highest BCUT2D eigenvalue weighted by Crippen LogP contribution is 2.19. The van der Waals surface area contributed by atoms with Gasteiger partial charge in [-0.1, -0.05) is 49.2 Å². The largest absolute Gasteiger partial charge is 0.241 e. The monoisotopic (exact) mass is 337 g/mol. The van der Waals surface area contributed by atoms with E-state index < -0.39 is 10.0 Å². The van der Waals surface area contributed by atoms with E-state index in [2.05, 4.69) is 11.6 Å². The van der Waals surface area contributed by atoms with Crippen molar-refractivity contribution in [3.8, 4) is 0 Å². The number of halogens is 1. The van der Waals surface area contributed by atoms with Crippen LogP contribution in [0.25, 0.3) is 0 Å². The SMILES string of the molecule is CCCc1ccc(C(C)NS(=O)(=O)c2ccc(Cl)cc2)cc1. The third kappa shape index (κ3) is 4.32. The van der Waals surface area contributed by atoms with Crippen LogP contribution < -0.4 is 4.72 Å². The molecule has 2 aromatic carbocycles. The molecule has 1 atom stereocenters. The summed E-state index contributed by atoms with van der Waals surface area (Å²) >= 11 is 5.79. The van der Waals surface area contributed by atoms with E-state index in [4.69, 9.17) is 11.6 Å². The molecule has 1 unspecified atom stereocenters. The molecule has 0 spiro atoms. The minimum atomic E-state index is -3.55. The van der Waals surface area contributed by atoms with Crippen molar-refractivity contribution in [2.24, 2.45) is 0 Å². The van der Waals surface area contributed by atoms with Gasteiger partial charge >= 0.3 is 0 Å². The fourth-order valence-corrected chi connectivity index (χ4v) is 3.60. The topological polar surface area (TPSA) is 46.2 Å². The van der Waals surface area contributed by atoms with Crippen LogP contribution in [-0.4, -0.2) is 8.42 Å². The Morgan fingerprint density at radius 2 is 1.64 bits per heavy atom. The number of aryl methyl sites for hydroxylation is 1. The van der Waals surface area contributed by atoms with E-state index >= 15 is 0 Å². The van der Waals surface area contributed by atoms with Crippen LogP contribution in [0.2, 0.25) is 5.02 Å². The van der Waals surface area contributed by atoms with Crippen LogP contribution in [0, 0.1) is 0 Å². The summed E-state index contributed by atoms with van der Waals surface area (Å²) in [7, 11) is -3.55. The first kappa shape index (κ1) is 17.0. The van der Waals surface area contributed by atoms with E-state index in [1.165, 1.54) is 17.7 Å². The van der Waals surface area contributed by atoms with Crippen LogP contribution >= 0.6 is 11.6 Å². The summed E-state index contributed by atoms with van der Waals surface area (Å²) in [6.45, 7) is 3.97. The van der Waals surface area contributed by atoms with Crippen LogP contribution in [0.5, 0.6) is 0 Å². The van der Waals surface area contributed by atoms with Crippen molar-refractivity contribution in [2.45, 2.75) is 37.6 Å². The summed E-state index contributed by atoms with van der Waals surface area (Å²) in [5.74, 6) is 0. The second-order valence-electron chi connectivity index (χ2n) is 5.29. The average molecular weight is 338 g/mol. The van der Waals surface area contributed by atoms with Gasteiger partial charge in [0.2, 0.25) is 10.0 Å². The highest BCUT2D eigenvalue weighted by atomic mass is 35.5. The fraction of sp³-hybridized carbons (Fsp3) is 0.294. The summed E-state index contributed by atoms with van der Waals surface area (Å²) in [6, 6.07) is 13.9. The Morgan fingerprint density at radius 3 is 2.18 bits per heavy atom. The maximum Gasteiger partial charge on any atom is 0.241 e. The number of hydrogen-bond donors (Lipinski definition) is 1. The third-order valence-electron chi connectivity index (χ3n) is 3.47. The van der Waals surface area contributed by atoms with Crippen molar-refractivity contribution in [1.82, 2.24) is 4.72 Å². The van der Waals surface area contributed by atoms with Gasteiger partial charge in [0.15, 0.2) is 0 Å². The Bertz CT molecular complexity index is 709. The predicted molar refractivity (Wildman–Crippen MR) is 90.6 cm³/mol. The van der Waals surface area contributed by atoms with E-state index in [0.29, 0.717) is 5.02 Å². The molecule has 0 amide bonds. The summed E-state index contributed by atoms with van der Waals surface area (Å²) in [4.78, 5) is 0.214. The van der Waals surface area contributed by atoms with Gasteiger partial charge in [0.25, 0.3) is 0 Å². The summed E-state index contributed by atoms with van der Waals surface area (Å²) < 4.78 is 27.4. The second kappa shape index (κ2) is 7.27. The molecule has 1 N–H and O–H groups in total. The fourth-order valence-electron chi connectivity index (χ4n) is 2.24. The van der Waals surface area contributed by atoms with Crippen LogP contribution in [0.1, 0.15) is 37.4 Å². The Labute approximate surface area is 137 Å². The molecule has 5 heteroatoms. The highest BCUT2D eigenvalue weighted by Gasteiger charge is 2.18. The van der Waals surface area contributed by atoms with E-state index in [0.717, 1.165) is 18.4 Å². The van der Waals surface area contributed by atoms with Crippen molar-refractivity contribution in [3.63, 3.8) is 0 Å². The summed E-state index contributed by atoms with van der Waals surface area (Å²) in [6.07, 6.45) is 2.13. The van der Waals surface area contributed by atoms with E-state index in [9.17, 15) is 8.42 Å².